The molecule has 0 fully saturated rings. The van der Waals surface area contributed by atoms with E-state index in [9.17, 15) is 0 Å². The van der Waals surface area contributed by atoms with Crippen LogP contribution in [0, 0.1) is 0 Å². The highest BCUT2D eigenvalue weighted by Gasteiger charge is 2.06. The van der Waals surface area contributed by atoms with Crippen LogP contribution in [0.25, 0.3) is 0 Å². The molecule has 102 valence electrons. The molecule has 0 aliphatic carbocycles. The summed E-state index contributed by atoms with van der Waals surface area (Å²) in [5, 5.41) is 1.05. The van der Waals surface area contributed by atoms with E-state index < -0.39 is 0 Å². The van der Waals surface area contributed by atoms with Gasteiger partial charge in [-0.1, -0.05) is 35.4 Å². The summed E-state index contributed by atoms with van der Waals surface area (Å²) < 4.78 is 8.47. The number of thioether (sulfide) groups is 1. The van der Waals surface area contributed by atoms with Crippen LogP contribution in [0.1, 0.15) is 5.56 Å². The molecule has 2 aromatic rings. The van der Waals surface area contributed by atoms with Crippen LogP contribution >= 0.6 is 35.0 Å². The lowest BCUT2D eigenvalue weighted by molar-refractivity contribution is 0.414. The minimum atomic E-state index is 0.899. The zero-order valence-electron chi connectivity index (χ0n) is 11.1. The van der Waals surface area contributed by atoms with Gasteiger partial charge in [0, 0.05) is 19.1 Å². The van der Waals surface area contributed by atoms with Crippen LogP contribution in [0.5, 0.6) is 5.75 Å². The van der Waals surface area contributed by atoms with Gasteiger partial charge in [0.05, 0.1) is 17.5 Å². The maximum absolute atomic E-state index is 5.15. The van der Waals surface area contributed by atoms with E-state index >= 15 is 0 Å². The van der Waals surface area contributed by atoms with Crippen LogP contribution < -0.4 is 9.04 Å². The monoisotopic (exact) mass is 312 g/mol. The third-order valence-electron chi connectivity index (χ3n) is 2.56. The first-order valence-corrected chi connectivity index (χ1v) is 8.70. The molecule has 0 saturated heterocycles. The summed E-state index contributed by atoms with van der Waals surface area (Å²) in [6, 6.07) is 8.19. The molecule has 0 saturated carbocycles. The van der Waals surface area contributed by atoms with Crippen molar-refractivity contribution in [3.05, 3.63) is 36.0 Å². The smallest absolute Gasteiger partial charge is 0.196 e. The maximum Gasteiger partial charge on any atom is 0.196 e. The Morgan fingerprint density at radius 2 is 2.05 bits per heavy atom. The molecule has 1 heterocycles. The molecule has 0 unspecified atom stereocenters. The van der Waals surface area contributed by atoms with Crippen LogP contribution in [0.15, 0.2) is 34.7 Å². The van der Waals surface area contributed by atoms with Crippen molar-refractivity contribution in [2.45, 2.75) is 9.96 Å². The van der Waals surface area contributed by atoms with Gasteiger partial charge in [0.2, 0.25) is 0 Å². The molecule has 0 N–H and O–H groups in total. The van der Waals surface area contributed by atoms with Gasteiger partial charge in [-0.3, -0.25) is 4.31 Å². The topological polar surface area (TPSA) is 25.4 Å². The predicted octanol–water partition coefficient (Wildman–Crippen LogP) is 4.16. The summed E-state index contributed by atoms with van der Waals surface area (Å²) in [5.41, 5.74) is 1.29. The molecule has 1 aromatic carbocycles. The quantitative estimate of drug-likeness (QED) is 0.589. The van der Waals surface area contributed by atoms with Crippen molar-refractivity contribution in [3.8, 4) is 5.75 Å². The highest BCUT2D eigenvalue weighted by molar-refractivity contribution is 8.01. The second-order valence-electron chi connectivity index (χ2n) is 3.78. The largest absolute Gasteiger partial charge is 0.497 e. The summed E-state index contributed by atoms with van der Waals surface area (Å²) >= 11 is 5.21. The minimum Gasteiger partial charge on any atom is -0.497 e. The fourth-order valence-corrected chi connectivity index (χ4v) is 3.74. The van der Waals surface area contributed by atoms with E-state index in [-0.39, 0.29) is 0 Å². The average Bonchev–Trinajstić information content (AvgIpc) is 2.93. The number of hydrogen-bond donors (Lipinski definition) is 0. The molecule has 6 heteroatoms. The van der Waals surface area contributed by atoms with E-state index in [0.717, 1.165) is 16.6 Å². The van der Waals surface area contributed by atoms with Gasteiger partial charge >= 0.3 is 0 Å². The lowest BCUT2D eigenvalue weighted by Gasteiger charge is -2.09. The lowest BCUT2D eigenvalue weighted by Crippen LogP contribution is -2.03. The first kappa shape index (κ1) is 14.6. The van der Waals surface area contributed by atoms with Crippen molar-refractivity contribution < 1.29 is 4.74 Å². The van der Waals surface area contributed by atoms with Gasteiger partial charge in [0.15, 0.2) is 5.13 Å². The van der Waals surface area contributed by atoms with Gasteiger partial charge in [0.25, 0.3) is 0 Å². The molecule has 3 nitrogen and oxygen atoms in total. The summed E-state index contributed by atoms with van der Waals surface area (Å²) in [6.07, 6.45) is 3.99. The number of rotatable bonds is 6. The standard InChI is InChI=1S/C13H16N2OS3/c1-15(17-3)13-14-8-12(19-13)18-9-10-4-6-11(16-2)7-5-10/h4-8H,9H2,1-3H3. The molecule has 0 radical (unpaired) electrons. The van der Waals surface area contributed by atoms with Gasteiger partial charge in [-0.15, -0.1) is 11.8 Å². The molecular weight excluding hydrogens is 296 g/mol. The van der Waals surface area contributed by atoms with Crippen molar-refractivity contribution >= 4 is 40.2 Å². The van der Waals surface area contributed by atoms with Crippen molar-refractivity contribution in [1.29, 1.82) is 0 Å². The van der Waals surface area contributed by atoms with Gasteiger partial charge < -0.3 is 4.74 Å². The third kappa shape index (κ3) is 4.06. The van der Waals surface area contributed by atoms with Gasteiger partial charge in [-0.25, -0.2) is 4.98 Å². The SMILES string of the molecule is COc1ccc(CSc2cnc(N(C)SC)s2)cc1. The number of anilines is 1. The molecule has 2 rings (SSSR count). The van der Waals surface area contributed by atoms with Gasteiger partial charge in [-0.2, -0.15) is 0 Å². The lowest BCUT2D eigenvalue weighted by atomic mass is 10.2. The number of thiazole rings is 1. The molecule has 19 heavy (non-hydrogen) atoms. The predicted molar refractivity (Wildman–Crippen MR) is 86.6 cm³/mol. The molecule has 0 bridgehead atoms. The van der Waals surface area contributed by atoms with Crippen LogP contribution in [0.3, 0.4) is 0 Å². The molecule has 0 atom stereocenters. The molecular formula is C13H16N2OS3. The Kier molecular flexibility index (Phi) is 5.42. The Hall–Kier alpha value is -0.850. The van der Waals surface area contributed by atoms with Crippen molar-refractivity contribution in [3.63, 3.8) is 0 Å². The van der Waals surface area contributed by atoms with Gasteiger partial charge in [-0.05, 0) is 17.7 Å². The summed E-state index contributed by atoms with van der Waals surface area (Å²) in [7, 11) is 3.71. The first-order valence-electron chi connectivity index (χ1n) is 5.72. The van der Waals surface area contributed by atoms with Crippen LogP contribution in [0.2, 0.25) is 0 Å². The second-order valence-corrected chi connectivity index (χ2v) is 6.98. The number of aromatic nitrogens is 1. The van der Waals surface area contributed by atoms with Crippen molar-refractivity contribution in [1.82, 2.24) is 4.98 Å². The van der Waals surface area contributed by atoms with E-state index in [0.29, 0.717) is 0 Å². The number of methoxy groups -OCH3 is 1. The average molecular weight is 312 g/mol. The molecule has 0 aliphatic rings. The maximum atomic E-state index is 5.15. The van der Waals surface area contributed by atoms with E-state index in [1.54, 1.807) is 30.4 Å². The highest BCUT2D eigenvalue weighted by atomic mass is 32.2. The van der Waals surface area contributed by atoms with Crippen molar-refractivity contribution in [2.24, 2.45) is 0 Å². The summed E-state index contributed by atoms with van der Waals surface area (Å²) in [4.78, 5) is 4.41. The number of benzene rings is 1. The van der Waals surface area contributed by atoms with Crippen LogP contribution in [-0.2, 0) is 5.75 Å². The Labute approximate surface area is 126 Å². The van der Waals surface area contributed by atoms with E-state index in [2.05, 4.69) is 21.4 Å². The summed E-state index contributed by atoms with van der Waals surface area (Å²) in [5.74, 6) is 1.85. The fourth-order valence-electron chi connectivity index (χ4n) is 1.42. The summed E-state index contributed by atoms with van der Waals surface area (Å²) in [6.45, 7) is 0. The Bertz CT molecular complexity index is 513. The normalized spacial score (nSPS) is 10.5. The van der Waals surface area contributed by atoms with Crippen LogP contribution in [-0.4, -0.2) is 25.4 Å². The minimum absolute atomic E-state index is 0.899. The molecule has 0 amide bonds. The van der Waals surface area contributed by atoms with E-state index in [1.165, 1.54) is 9.77 Å². The van der Waals surface area contributed by atoms with E-state index in [1.807, 2.05) is 43.4 Å². The Morgan fingerprint density at radius 1 is 1.32 bits per heavy atom. The fraction of sp³-hybridized carbons (Fsp3) is 0.308. The number of ether oxygens (including phenoxy) is 1. The highest BCUT2D eigenvalue weighted by Crippen LogP contribution is 2.33. The van der Waals surface area contributed by atoms with Crippen molar-refractivity contribution in [2.75, 3.05) is 24.7 Å². The zero-order chi connectivity index (χ0) is 13.7. The number of hydrogen-bond acceptors (Lipinski definition) is 6. The Balaban J connectivity index is 1.92. The second kappa shape index (κ2) is 7.07. The number of nitrogens with zero attached hydrogens (tertiary/aromatic N) is 2. The van der Waals surface area contributed by atoms with Gasteiger partial charge in [0.1, 0.15) is 5.75 Å². The van der Waals surface area contributed by atoms with E-state index in [4.69, 9.17) is 4.74 Å². The Morgan fingerprint density at radius 3 is 2.68 bits per heavy atom. The zero-order valence-corrected chi connectivity index (χ0v) is 13.6. The molecule has 0 aliphatic heterocycles. The molecule has 0 spiro atoms. The third-order valence-corrected chi connectivity index (χ3v) is 5.73. The van der Waals surface area contributed by atoms with Crippen LogP contribution in [0.4, 0.5) is 5.13 Å². The molecule has 1 aromatic heterocycles. The first-order chi connectivity index (χ1) is 9.22.